The predicted molar refractivity (Wildman–Crippen MR) is 72.1 cm³/mol. The molecule has 2 rings (SSSR count). The van der Waals surface area contributed by atoms with Crippen LogP contribution in [0.2, 0.25) is 5.02 Å². The molecule has 1 amide bonds. The van der Waals surface area contributed by atoms with Crippen LogP contribution in [0.5, 0.6) is 0 Å². The Labute approximate surface area is 117 Å². The lowest BCUT2D eigenvalue weighted by Crippen LogP contribution is -2.12. The number of aromatic nitrogens is 1. The molecular formula is C11H9ClN4O4. The summed E-state index contributed by atoms with van der Waals surface area (Å²) in [5.41, 5.74) is 0.266. The third kappa shape index (κ3) is 2.69. The molecule has 1 heterocycles. The molecule has 0 saturated heterocycles. The van der Waals surface area contributed by atoms with E-state index in [-0.39, 0.29) is 22.0 Å². The van der Waals surface area contributed by atoms with Crippen LogP contribution in [0.4, 0.5) is 17.1 Å². The molecule has 1 aromatic carbocycles. The Kier molecular flexibility index (Phi) is 3.85. The van der Waals surface area contributed by atoms with E-state index in [0.29, 0.717) is 5.69 Å². The Morgan fingerprint density at radius 2 is 2.25 bits per heavy atom. The maximum atomic E-state index is 12.0. The molecule has 2 N–H and O–H groups in total. The van der Waals surface area contributed by atoms with E-state index in [4.69, 9.17) is 11.6 Å². The van der Waals surface area contributed by atoms with Crippen molar-refractivity contribution in [2.45, 2.75) is 0 Å². The molecule has 8 nitrogen and oxygen atoms in total. The van der Waals surface area contributed by atoms with Crippen molar-refractivity contribution < 1.29 is 14.2 Å². The van der Waals surface area contributed by atoms with Gasteiger partial charge >= 0.3 is 0 Å². The van der Waals surface area contributed by atoms with Crippen LogP contribution >= 0.6 is 11.6 Å². The first-order chi connectivity index (χ1) is 9.52. The quantitative estimate of drug-likeness (QED) is 0.662. The van der Waals surface area contributed by atoms with E-state index in [0.717, 1.165) is 6.07 Å². The first-order valence-corrected chi connectivity index (χ1v) is 5.77. The summed E-state index contributed by atoms with van der Waals surface area (Å²) in [6.45, 7) is 0. The fourth-order valence-electron chi connectivity index (χ4n) is 1.58. The van der Waals surface area contributed by atoms with Gasteiger partial charge in [0.25, 0.3) is 11.6 Å². The van der Waals surface area contributed by atoms with E-state index in [1.165, 1.54) is 25.6 Å². The normalized spacial score (nSPS) is 10.1. The molecular weight excluding hydrogens is 288 g/mol. The summed E-state index contributed by atoms with van der Waals surface area (Å²) in [4.78, 5) is 22.3. The van der Waals surface area contributed by atoms with E-state index in [1.54, 1.807) is 0 Å². The first kappa shape index (κ1) is 13.8. The molecule has 0 fully saturated rings. The van der Waals surface area contributed by atoms with Gasteiger partial charge in [-0.05, 0) is 6.07 Å². The Morgan fingerprint density at radius 3 is 2.80 bits per heavy atom. The van der Waals surface area contributed by atoms with Crippen LogP contribution in [-0.4, -0.2) is 23.0 Å². The Morgan fingerprint density at radius 1 is 1.50 bits per heavy atom. The highest BCUT2D eigenvalue weighted by Gasteiger charge is 2.20. The van der Waals surface area contributed by atoms with E-state index in [9.17, 15) is 14.9 Å². The standard InChI is InChI=1S/C11H9ClN4O4/c1-13-10-8(12)2-6(3-9(10)16(18)19)11(17)15-7-4-14-20-5-7/h2-5,13H,1H3,(H,15,17). The highest BCUT2D eigenvalue weighted by molar-refractivity contribution is 6.34. The summed E-state index contributed by atoms with van der Waals surface area (Å²) in [6, 6.07) is 2.48. The van der Waals surface area contributed by atoms with E-state index in [1.807, 2.05) is 0 Å². The van der Waals surface area contributed by atoms with Crippen LogP contribution in [0, 0.1) is 10.1 Å². The topological polar surface area (TPSA) is 110 Å². The second kappa shape index (κ2) is 5.57. The smallest absolute Gasteiger partial charge is 0.294 e. The van der Waals surface area contributed by atoms with Crippen molar-refractivity contribution in [3.8, 4) is 0 Å². The van der Waals surface area contributed by atoms with Gasteiger partial charge in [-0.1, -0.05) is 16.8 Å². The van der Waals surface area contributed by atoms with Gasteiger partial charge in [-0.3, -0.25) is 14.9 Å². The van der Waals surface area contributed by atoms with Gasteiger partial charge in [0, 0.05) is 18.7 Å². The van der Waals surface area contributed by atoms with Gasteiger partial charge in [-0.25, -0.2) is 0 Å². The number of carbonyl (C=O) groups is 1. The molecule has 0 aliphatic rings. The summed E-state index contributed by atoms with van der Waals surface area (Å²) in [7, 11) is 1.51. The van der Waals surface area contributed by atoms with Crippen molar-refractivity contribution >= 4 is 34.6 Å². The lowest BCUT2D eigenvalue weighted by atomic mass is 10.1. The average Bonchev–Trinajstić information content (AvgIpc) is 2.90. The van der Waals surface area contributed by atoms with Crippen molar-refractivity contribution in [1.82, 2.24) is 5.16 Å². The number of rotatable bonds is 4. The summed E-state index contributed by atoms with van der Waals surface area (Å²) in [5.74, 6) is -0.555. The highest BCUT2D eigenvalue weighted by Crippen LogP contribution is 2.33. The van der Waals surface area contributed by atoms with Gasteiger partial charge < -0.3 is 15.2 Å². The van der Waals surface area contributed by atoms with E-state index in [2.05, 4.69) is 20.3 Å². The number of benzene rings is 1. The van der Waals surface area contributed by atoms with Gasteiger partial charge in [0.05, 0.1) is 16.1 Å². The average molecular weight is 297 g/mol. The van der Waals surface area contributed by atoms with Crippen LogP contribution in [0.15, 0.2) is 29.1 Å². The second-order valence-corrected chi connectivity index (χ2v) is 4.13. The van der Waals surface area contributed by atoms with Crippen molar-refractivity contribution in [3.63, 3.8) is 0 Å². The summed E-state index contributed by atoms with van der Waals surface area (Å²) < 4.78 is 4.56. The van der Waals surface area contributed by atoms with Crippen LogP contribution in [-0.2, 0) is 0 Å². The minimum atomic E-state index is -0.617. The number of nitro benzene ring substituents is 1. The zero-order valence-corrected chi connectivity index (χ0v) is 11.0. The number of hydrogen-bond donors (Lipinski definition) is 2. The van der Waals surface area contributed by atoms with Crippen LogP contribution in [0.3, 0.4) is 0 Å². The molecule has 1 aromatic heterocycles. The monoisotopic (exact) mass is 296 g/mol. The molecule has 0 radical (unpaired) electrons. The molecule has 0 aliphatic heterocycles. The van der Waals surface area contributed by atoms with Crippen molar-refractivity contribution in [3.05, 3.63) is 45.3 Å². The molecule has 0 atom stereocenters. The first-order valence-electron chi connectivity index (χ1n) is 5.39. The SMILES string of the molecule is CNc1c(Cl)cc(C(=O)Nc2cnoc2)cc1[N+](=O)[O-]. The predicted octanol–water partition coefficient (Wildman–Crippen LogP) is 2.53. The van der Waals surface area contributed by atoms with Crippen molar-refractivity contribution in [2.24, 2.45) is 0 Å². The molecule has 0 bridgehead atoms. The Balaban J connectivity index is 2.37. The fraction of sp³-hybridized carbons (Fsp3) is 0.0909. The number of nitrogens with zero attached hydrogens (tertiary/aromatic N) is 2. The lowest BCUT2D eigenvalue weighted by Gasteiger charge is -2.07. The summed E-state index contributed by atoms with van der Waals surface area (Å²) >= 11 is 5.93. The van der Waals surface area contributed by atoms with Crippen LogP contribution in [0.1, 0.15) is 10.4 Å². The van der Waals surface area contributed by atoms with Gasteiger partial charge in [-0.2, -0.15) is 0 Å². The van der Waals surface area contributed by atoms with E-state index >= 15 is 0 Å². The number of hydrogen-bond acceptors (Lipinski definition) is 6. The number of nitrogens with one attached hydrogen (secondary N) is 2. The van der Waals surface area contributed by atoms with Crippen molar-refractivity contribution in [1.29, 1.82) is 0 Å². The number of nitro groups is 1. The summed E-state index contributed by atoms with van der Waals surface area (Å²) in [5, 5.41) is 19.6. The van der Waals surface area contributed by atoms with Crippen LogP contribution < -0.4 is 10.6 Å². The number of anilines is 2. The second-order valence-electron chi connectivity index (χ2n) is 3.73. The maximum Gasteiger partial charge on any atom is 0.294 e. The molecule has 0 unspecified atom stereocenters. The van der Waals surface area contributed by atoms with E-state index < -0.39 is 10.8 Å². The summed E-state index contributed by atoms with van der Waals surface area (Å²) in [6.07, 6.45) is 2.53. The van der Waals surface area contributed by atoms with Gasteiger partial charge in [0.15, 0.2) is 0 Å². The molecule has 0 spiro atoms. The number of halogens is 1. The number of carbonyl (C=O) groups excluding carboxylic acids is 1. The minimum absolute atomic E-state index is 0.0573. The third-order valence-corrected chi connectivity index (χ3v) is 2.77. The fourth-order valence-corrected chi connectivity index (χ4v) is 1.89. The van der Waals surface area contributed by atoms with Crippen molar-refractivity contribution in [2.75, 3.05) is 17.7 Å². The Bertz CT molecular complexity index is 657. The van der Waals surface area contributed by atoms with Gasteiger partial charge in [0.2, 0.25) is 0 Å². The minimum Gasteiger partial charge on any atom is -0.381 e. The largest absolute Gasteiger partial charge is 0.381 e. The molecule has 2 aromatic rings. The zero-order valence-electron chi connectivity index (χ0n) is 10.2. The number of amides is 1. The maximum absolute atomic E-state index is 12.0. The van der Waals surface area contributed by atoms with Gasteiger partial charge in [-0.15, -0.1) is 0 Å². The molecule has 20 heavy (non-hydrogen) atoms. The molecule has 0 aliphatic carbocycles. The Hall–Kier alpha value is -2.61. The molecule has 9 heteroatoms. The molecule has 104 valence electrons. The molecule has 0 saturated carbocycles. The third-order valence-electron chi connectivity index (χ3n) is 2.47. The van der Waals surface area contributed by atoms with Gasteiger partial charge in [0.1, 0.15) is 17.6 Å². The highest BCUT2D eigenvalue weighted by atomic mass is 35.5. The van der Waals surface area contributed by atoms with Crippen LogP contribution in [0.25, 0.3) is 0 Å². The lowest BCUT2D eigenvalue weighted by molar-refractivity contribution is -0.383. The zero-order chi connectivity index (χ0) is 14.7.